The van der Waals surface area contributed by atoms with E-state index in [0.717, 1.165) is 4.68 Å². The van der Waals surface area contributed by atoms with Gasteiger partial charge in [-0.3, -0.25) is 9.59 Å². The first-order chi connectivity index (χ1) is 11.2. The van der Waals surface area contributed by atoms with Gasteiger partial charge in [0.05, 0.1) is 18.5 Å². The van der Waals surface area contributed by atoms with E-state index < -0.39 is 27.9 Å². The molecule has 0 bridgehead atoms. The smallest absolute Gasteiger partial charge is 0.325 e. The molecule has 2 N–H and O–H groups in total. The second-order valence-electron chi connectivity index (χ2n) is 5.99. The minimum atomic E-state index is -3.39. The van der Waals surface area contributed by atoms with Crippen LogP contribution < -0.4 is 5.32 Å². The third kappa shape index (κ3) is 4.29. The predicted molar refractivity (Wildman–Crippen MR) is 83.2 cm³/mol. The number of aliphatic carboxylic acids is 1. The van der Waals surface area contributed by atoms with Crippen molar-refractivity contribution in [3.05, 3.63) is 11.9 Å². The maximum atomic E-state index is 12.5. The quantitative estimate of drug-likeness (QED) is 0.640. The van der Waals surface area contributed by atoms with Crippen LogP contribution in [0, 0.1) is 5.92 Å². The minimum absolute atomic E-state index is 0.0512. The lowest BCUT2D eigenvalue weighted by atomic mass is 10.0. The van der Waals surface area contributed by atoms with E-state index in [1.807, 2.05) is 0 Å². The fourth-order valence-corrected chi connectivity index (χ4v) is 4.48. The number of nitrogens with one attached hydrogen (secondary N) is 1. The van der Waals surface area contributed by atoms with Gasteiger partial charge in [-0.2, -0.15) is 4.31 Å². The lowest BCUT2D eigenvalue weighted by Gasteiger charge is -2.28. The van der Waals surface area contributed by atoms with Gasteiger partial charge < -0.3 is 10.4 Å². The van der Waals surface area contributed by atoms with Crippen LogP contribution in [0.5, 0.6) is 0 Å². The average Bonchev–Trinajstić information content (AvgIpc) is 3.03. The Kier molecular flexibility index (Phi) is 5.54. The largest absolute Gasteiger partial charge is 0.480 e. The van der Waals surface area contributed by atoms with Crippen LogP contribution in [0.3, 0.4) is 0 Å². The molecule has 1 aliphatic rings. The molecule has 10 nitrogen and oxygen atoms in total. The number of nitrogens with zero attached hydrogens (tertiary/aromatic N) is 4. The molecule has 1 aromatic heterocycles. The van der Waals surface area contributed by atoms with Gasteiger partial charge in [0.25, 0.3) is 0 Å². The zero-order valence-electron chi connectivity index (χ0n) is 13.5. The third-order valence-corrected chi connectivity index (χ3v) is 5.60. The summed E-state index contributed by atoms with van der Waals surface area (Å²) in [5, 5.41) is 18.7. The number of aromatic nitrogens is 3. The molecule has 2 rings (SSSR count). The van der Waals surface area contributed by atoms with Crippen molar-refractivity contribution in [1.29, 1.82) is 0 Å². The zero-order valence-corrected chi connectivity index (χ0v) is 14.4. The van der Waals surface area contributed by atoms with Gasteiger partial charge in [-0.25, -0.2) is 13.1 Å². The fraction of sp³-hybridized carbons (Fsp3) is 0.692. The van der Waals surface area contributed by atoms with Crippen molar-refractivity contribution in [3.8, 4) is 0 Å². The molecular weight excluding hydrogens is 338 g/mol. The number of rotatable bonds is 7. The summed E-state index contributed by atoms with van der Waals surface area (Å²) in [5.74, 6) is -1.56. The van der Waals surface area contributed by atoms with Crippen molar-refractivity contribution in [2.45, 2.75) is 39.4 Å². The predicted octanol–water partition coefficient (Wildman–Crippen LogP) is -0.961. The highest BCUT2D eigenvalue weighted by molar-refractivity contribution is 7.89. The van der Waals surface area contributed by atoms with Crippen molar-refractivity contribution in [1.82, 2.24) is 24.6 Å². The zero-order chi connectivity index (χ0) is 17.9. The molecule has 1 saturated heterocycles. The number of carbonyl (C=O) groups is 2. The van der Waals surface area contributed by atoms with Crippen LogP contribution in [-0.4, -0.2) is 63.0 Å². The highest BCUT2D eigenvalue weighted by atomic mass is 32.2. The van der Waals surface area contributed by atoms with Gasteiger partial charge in [0, 0.05) is 6.54 Å². The van der Waals surface area contributed by atoms with E-state index >= 15 is 0 Å². The van der Waals surface area contributed by atoms with Gasteiger partial charge in [0.2, 0.25) is 15.9 Å². The second-order valence-corrected chi connectivity index (χ2v) is 8.03. The van der Waals surface area contributed by atoms with Crippen LogP contribution in [0.1, 0.15) is 26.0 Å². The Bertz CT molecular complexity index is 714. The first kappa shape index (κ1) is 18.3. The Morgan fingerprint density at radius 2 is 2.12 bits per heavy atom. The molecule has 1 unspecified atom stereocenters. The Labute approximate surface area is 139 Å². The molecule has 0 aliphatic carbocycles. The van der Waals surface area contributed by atoms with E-state index in [1.54, 1.807) is 13.8 Å². The van der Waals surface area contributed by atoms with Gasteiger partial charge in [-0.15, -0.1) is 5.10 Å². The molecule has 0 spiro atoms. The number of carbonyl (C=O) groups excluding carboxylic acids is 1. The molecule has 0 saturated carbocycles. The summed E-state index contributed by atoms with van der Waals surface area (Å²) in [6.45, 7) is 3.66. The standard InChI is InChI=1S/C13H21N5O5S/c1-9(2)12(18-4-3-5-24(18,22)23)13(21)14-6-10-7-17(16-15-10)8-11(19)20/h7,9,12H,3-6,8H2,1-2H3,(H,14,21)(H,19,20). The number of sulfonamides is 1. The monoisotopic (exact) mass is 359 g/mol. The minimum Gasteiger partial charge on any atom is -0.480 e. The summed E-state index contributed by atoms with van der Waals surface area (Å²) < 4.78 is 26.5. The molecular formula is C13H21N5O5S. The lowest BCUT2D eigenvalue weighted by Crippen LogP contribution is -2.50. The molecule has 11 heteroatoms. The van der Waals surface area contributed by atoms with Crippen LogP contribution in [0.15, 0.2) is 6.20 Å². The first-order valence-electron chi connectivity index (χ1n) is 7.58. The molecule has 24 heavy (non-hydrogen) atoms. The van der Waals surface area contributed by atoms with E-state index in [0.29, 0.717) is 18.7 Å². The maximum Gasteiger partial charge on any atom is 0.325 e. The van der Waals surface area contributed by atoms with Crippen molar-refractivity contribution in [2.75, 3.05) is 12.3 Å². The second kappa shape index (κ2) is 7.26. The van der Waals surface area contributed by atoms with Crippen LogP contribution in [0.2, 0.25) is 0 Å². The Morgan fingerprint density at radius 3 is 2.67 bits per heavy atom. The van der Waals surface area contributed by atoms with Crippen LogP contribution in [0.25, 0.3) is 0 Å². The first-order valence-corrected chi connectivity index (χ1v) is 9.19. The van der Waals surface area contributed by atoms with E-state index in [1.165, 1.54) is 10.5 Å². The molecule has 1 fully saturated rings. The highest BCUT2D eigenvalue weighted by Gasteiger charge is 2.39. The SMILES string of the molecule is CC(C)C(C(=O)NCc1cn(CC(=O)O)nn1)N1CCCS1(=O)=O. The molecule has 0 radical (unpaired) electrons. The number of amides is 1. The van der Waals surface area contributed by atoms with E-state index in [9.17, 15) is 18.0 Å². The van der Waals surface area contributed by atoms with E-state index in [4.69, 9.17) is 5.11 Å². The van der Waals surface area contributed by atoms with Gasteiger partial charge in [0.1, 0.15) is 18.3 Å². The summed E-state index contributed by atoms with van der Waals surface area (Å²) in [6.07, 6.45) is 1.94. The maximum absolute atomic E-state index is 12.5. The van der Waals surface area contributed by atoms with Crippen molar-refractivity contribution in [2.24, 2.45) is 5.92 Å². The summed E-state index contributed by atoms with van der Waals surface area (Å²) in [6, 6.07) is -0.772. The fourth-order valence-electron chi connectivity index (χ4n) is 2.65. The number of hydrogen-bond acceptors (Lipinski definition) is 6. The number of carboxylic acid groups (broad SMARTS) is 1. The lowest BCUT2D eigenvalue weighted by molar-refractivity contribution is -0.138. The van der Waals surface area contributed by atoms with Gasteiger partial charge in [-0.1, -0.05) is 19.1 Å². The summed E-state index contributed by atoms with van der Waals surface area (Å²) in [5.41, 5.74) is 0.399. The van der Waals surface area contributed by atoms with Gasteiger partial charge >= 0.3 is 5.97 Å². The highest BCUT2D eigenvalue weighted by Crippen LogP contribution is 2.22. The van der Waals surface area contributed by atoms with Crippen LogP contribution >= 0.6 is 0 Å². The molecule has 1 aliphatic heterocycles. The van der Waals surface area contributed by atoms with Crippen molar-refractivity contribution >= 4 is 21.9 Å². The van der Waals surface area contributed by atoms with Gasteiger partial charge in [0.15, 0.2) is 0 Å². The number of carboxylic acids is 1. The van der Waals surface area contributed by atoms with Gasteiger partial charge in [-0.05, 0) is 12.3 Å². The summed E-state index contributed by atoms with van der Waals surface area (Å²) >= 11 is 0. The third-order valence-electron chi connectivity index (χ3n) is 3.68. The topological polar surface area (TPSA) is 134 Å². The molecule has 134 valence electrons. The Hall–Kier alpha value is -2.01. The van der Waals surface area contributed by atoms with Crippen molar-refractivity contribution < 1.29 is 23.1 Å². The summed E-state index contributed by atoms with van der Waals surface area (Å²) in [7, 11) is -3.39. The molecule has 2 heterocycles. The van der Waals surface area contributed by atoms with Crippen LogP contribution in [0.4, 0.5) is 0 Å². The Morgan fingerprint density at radius 1 is 1.42 bits per heavy atom. The Balaban J connectivity index is 2.01. The molecule has 0 aromatic carbocycles. The van der Waals surface area contributed by atoms with Crippen LogP contribution in [-0.2, 0) is 32.7 Å². The van der Waals surface area contributed by atoms with E-state index in [-0.39, 0.29) is 24.8 Å². The average molecular weight is 359 g/mol. The number of hydrogen-bond donors (Lipinski definition) is 2. The summed E-state index contributed by atoms with van der Waals surface area (Å²) in [4.78, 5) is 23.0. The van der Waals surface area contributed by atoms with Crippen molar-refractivity contribution in [3.63, 3.8) is 0 Å². The molecule has 1 aromatic rings. The molecule has 1 atom stereocenters. The van der Waals surface area contributed by atoms with E-state index in [2.05, 4.69) is 15.6 Å². The molecule has 1 amide bonds. The normalized spacial score (nSPS) is 18.6.